The molecule has 122 valence electrons. The number of hydrogen-bond acceptors (Lipinski definition) is 6. The first kappa shape index (κ1) is 16.4. The average molecular weight is 362 g/mol. The van der Waals surface area contributed by atoms with Crippen molar-refractivity contribution >= 4 is 39.8 Å². The predicted molar refractivity (Wildman–Crippen MR) is 92.7 cm³/mol. The number of aliphatic imine (C=N–C) groups is 1. The van der Waals surface area contributed by atoms with E-state index in [1.807, 2.05) is 0 Å². The highest BCUT2D eigenvalue weighted by Gasteiger charge is 2.21. The summed E-state index contributed by atoms with van der Waals surface area (Å²) in [7, 11) is 0. The number of halogens is 1. The maximum Gasteiger partial charge on any atom is 0.312 e. The summed E-state index contributed by atoms with van der Waals surface area (Å²) >= 11 is 7.32. The van der Waals surface area contributed by atoms with E-state index < -0.39 is 16.4 Å². The van der Waals surface area contributed by atoms with Crippen LogP contribution in [0.15, 0.2) is 17.1 Å². The van der Waals surface area contributed by atoms with Crippen LogP contribution < -0.4 is 0 Å². The lowest BCUT2D eigenvalue weighted by atomic mass is 9.96. The van der Waals surface area contributed by atoms with E-state index in [0.29, 0.717) is 10.6 Å². The van der Waals surface area contributed by atoms with Crippen molar-refractivity contribution in [3.63, 3.8) is 0 Å². The molecule has 0 fully saturated rings. The van der Waals surface area contributed by atoms with E-state index in [2.05, 4.69) is 11.1 Å². The zero-order chi connectivity index (χ0) is 17.3. The minimum absolute atomic E-state index is 0.131. The Morgan fingerprint density at radius 2 is 2.17 bits per heavy atom. The molecule has 0 radical (unpaired) electrons. The van der Waals surface area contributed by atoms with E-state index in [0.717, 1.165) is 37.3 Å². The molecule has 1 N–H and O–H groups in total. The number of benzene rings is 1. The zero-order valence-corrected chi connectivity index (χ0v) is 14.0. The Balaban J connectivity index is 2.02. The number of nitro benzene ring substituents is 1. The third-order valence-corrected chi connectivity index (χ3v) is 5.28. The monoisotopic (exact) mass is 361 g/mol. The molecule has 1 aliphatic rings. The van der Waals surface area contributed by atoms with Crippen LogP contribution in [0.4, 0.5) is 10.7 Å². The molecule has 0 saturated carbocycles. The van der Waals surface area contributed by atoms with Gasteiger partial charge in [0, 0.05) is 27.7 Å². The van der Waals surface area contributed by atoms with Gasteiger partial charge in [0.2, 0.25) is 5.75 Å². The lowest BCUT2D eigenvalue weighted by Crippen LogP contribution is -1.99. The molecule has 2 aromatic rings. The van der Waals surface area contributed by atoms with Crippen molar-refractivity contribution < 1.29 is 10.0 Å². The topological polar surface area (TPSA) is 99.5 Å². The highest BCUT2D eigenvalue weighted by molar-refractivity contribution is 7.16. The Morgan fingerprint density at radius 3 is 2.88 bits per heavy atom. The fourth-order valence-electron chi connectivity index (χ4n) is 2.73. The van der Waals surface area contributed by atoms with Crippen LogP contribution in [-0.2, 0) is 12.8 Å². The standard InChI is InChI=1S/C16H12ClN3O3S/c17-10-5-9(15(21)13(6-10)20(22)23)8-19-16-12(7-18)11-3-1-2-4-14(11)24-16/h5-6,8,21H,1-4H2. The number of fused-ring (bicyclic) bond motifs is 1. The Hall–Kier alpha value is -2.43. The van der Waals surface area contributed by atoms with E-state index in [9.17, 15) is 20.5 Å². The van der Waals surface area contributed by atoms with Gasteiger partial charge in [-0.3, -0.25) is 10.1 Å². The van der Waals surface area contributed by atoms with Crippen molar-refractivity contribution in [1.82, 2.24) is 0 Å². The maximum absolute atomic E-state index is 10.9. The molecule has 3 rings (SSSR count). The number of aryl methyl sites for hydroxylation is 1. The SMILES string of the molecule is N#Cc1c(N=Cc2cc(Cl)cc([N+](=O)[O-])c2O)sc2c1CCCC2. The first-order chi connectivity index (χ1) is 11.5. The molecule has 0 bridgehead atoms. The van der Waals surface area contributed by atoms with Gasteiger partial charge in [-0.05, 0) is 37.3 Å². The van der Waals surface area contributed by atoms with E-state index in [1.165, 1.54) is 28.5 Å². The summed E-state index contributed by atoms with van der Waals surface area (Å²) in [5, 5.41) is 31.0. The first-order valence-corrected chi connectivity index (χ1v) is 8.46. The Morgan fingerprint density at radius 1 is 1.42 bits per heavy atom. The largest absolute Gasteiger partial charge is 0.502 e. The number of rotatable bonds is 3. The molecule has 0 atom stereocenters. The molecule has 1 aliphatic carbocycles. The van der Waals surface area contributed by atoms with E-state index in [4.69, 9.17) is 11.6 Å². The van der Waals surface area contributed by atoms with Crippen LogP contribution in [0.3, 0.4) is 0 Å². The van der Waals surface area contributed by atoms with Gasteiger partial charge in [-0.15, -0.1) is 11.3 Å². The molecule has 0 unspecified atom stereocenters. The second-order valence-corrected chi connectivity index (χ2v) is 6.90. The minimum Gasteiger partial charge on any atom is -0.502 e. The van der Waals surface area contributed by atoms with Gasteiger partial charge in [-0.2, -0.15) is 5.26 Å². The number of phenolic OH excluding ortho intramolecular Hbond substituents is 1. The van der Waals surface area contributed by atoms with E-state index in [-0.39, 0.29) is 10.6 Å². The Bertz CT molecular complexity index is 899. The molecule has 0 aliphatic heterocycles. The lowest BCUT2D eigenvalue weighted by molar-refractivity contribution is -0.385. The smallest absolute Gasteiger partial charge is 0.312 e. The van der Waals surface area contributed by atoms with Crippen LogP contribution in [0, 0.1) is 21.4 Å². The second-order valence-electron chi connectivity index (χ2n) is 5.38. The van der Waals surface area contributed by atoms with Crippen molar-refractivity contribution in [3.8, 4) is 11.8 Å². The van der Waals surface area contributed by atoms with Crippen LogP contribution >= 0.6 is 22.9 Å². The summed E-state index contributed by atoms with van der Waals surface area (Å²) in [6.45, 7) is 0. The van der Waals surface area contributed by atoms with Gasteiger partial charge in [0.1, 0.15) is 11.1 Å². The summed E-state index contributed by atoms with van der Waals surface area (Å²) in [5.41, 5.74) is 1.28. The molecule has 6 nitrogen and oxygen atoms in total. The lowest BCUT2D eigenvalue weighted by Gasteiger charge is -2.09. The highest BCUT2D eigenvalue weighted by atomic mass is 35.5. The first-order valence-electron chi connectivity index (χ1n) is 7.27. The second kappa shape index (κ2) is 6.59. The zero-order valence-electron chi connectivity index (χ0n) is 12.5. The number of thiophene rings is 1. The molecular weight excluding hydrogens is 350 g/mol. The van der Waals surface area contributed by atoms with Crippen molar-refractivity contribution in [1.29, 1.82) is 5.26 Å². The number of nitrogens with zero attached hydrogens (tertiary/aromatic N) is 3. The Labute approximate surface area is 146 Å². The van der Waals surface area contributed by atoms with Crippen molar-refractivity contribution in [2.24, 2.45) is 4.99 Å². The molecule has 0 saturated heterocycles. The van der Waals surface area contributed by atoms with Crippen molar-refractivity contribution in [2.45, 2.75) is 25.7 Å². The summed E-state index contributed by atoms with van der Waals surface area (Å²) in [6.07, 6.45) is 5.29. The number of aromatic hydroxyl groups is 1. The highest BCUT2D eigenvalue weighted by Crippen LogP contribution is 2.40. The number of nitro groups is 1. The fraction of sp³-hybridized carbons (Fsp3) is 0.250. The number of phenols is 1. The van der Waals surface area contributed by atoms with Gasteiger partial charge < -0.3 is 5.11 Å². The normalized spacial score (nSPS) is 13.7. The van der Waals surface area contributed by atoms with E-state index in [1.54, 1.807) is 0 Å². The van der Waals surface area contributed by atoms with Crippen LogP contribution in [0.1, 0.15) is 34.4 Å². The molecule has 1 aromatic carbocycles. The molecular formula is C16H12ClN3O3S. The van der Waals surface area contributed by atoms with Gasteiger partial charge in [0.05, 0.1) is 10.5 Å². The Kier molecular flexibility index (Phi) is 4.51. The van der Waals surface area contributed by atoms with Crippen molar-refractivity contribution in [3.05, 3.63) is 48.8 Å². The van der Waals surface area contributed by atoms with E-state index >= 15 is 0 Å². The summed E-state index contributed by atoms with van der Waals surface area (Å²) in [4.78, 5) is 15.7. The summed E-state index contributed by atoms with van der Waals surface area (Å²) in [6, 6.07) is 4.67. The molecule has 24 heavy (non-hydrogen) atoms. The number of hydrogen-bond donors (Lipinski definition) is 1. The van der Waals surface area contributed by atoms with Crippen LogP contribution in [-0.4, -0.2) is 16.2 Å². The van der Waals surface area contributed by atoms with Crippen LogP contribution in [0.5, 0.6) is 5.75 Å². The minimum atomic E-state index is -0.705. The number of nitriles is 1. The molecule has 1 aromatic heterocycles. The molecule has 0 amide bonds. The molecule has 1 heterocycles. The quantitative estimate of drug-likeness (QED) is 0.493. The summed E-state index contributed by atoms with van der Waals surface area (Å²) in [5.74, 6) is -0.493. The fourth-order valence-corrected chi connectivity index (χ4v) is 4.13. The predicted octanol–water partition coefficient (Wildman–Crippen LogP) is 4.52. The van der Waals surface area contributed by atoms with Gasteiger partial charge in [0.15, 0.2) is 0 Å². The average Bonchev–Trinajstić information content (AvgIpc) is 2.92. The van der Waals surface area contributed by atoms with Gasteiger partial charge in [0.25, 0.3) is 0 Å². The third-order valence-electron chi connectivity index (χ3n) is 3.87. The van der Waals surface area contributed by atoms with Gasteiger partial charge in [-0.25, -0.2) is 4.99 Å². The summed E-state index contributed by atoms with van der Waals surface area (Å²) < 4.78 is 0. The molecule has 8 heteroatoms. The van der Waals surface area contributed by atoms with Crippen LogP contribution in [0.2, 0.25) is 5.02 Å². The van der Waals surface area contributed by atoms with Crippen LogP contribution in [0.25, 0.3) is 0 Å². The van der Waals surface area contributed by atoms with Gasteiger partial charge in [-0.1, -0.05) is 11.6 Å². The molecule has 0 spiro atoms. The third kappa shape index (κ3) is 2.98. The maximum atomic E-state index is 10.9. The van der Waals surface area contributed by atoms with Crippen molar-refractivity contribution in [2.75, 3.05) is 0 Å². The van der Waals surface area contributed by atoms with Gasteiger partial charge >= 0.3 is 5.69 Å².